The summed E-state index contributed by atoms with van der Waals surface area (Å²) in [6.45, 7) is 10.4. The fourth-order valence-electron chi connectivity index (χ4n) is 1.30. The van der Waals surface area contributed by atoms with E-state index in [1.807, 2.05) is 0 Å². The van der Waals surface area contributed by atoms with Crippen LogP contribution in [0.1, 0.15) is 0 Å². The first-order valence-electron chi connectivity index (χ1n) is 4.01. The van der Waals surface area contributed by atoms with Crippen LogP contribution in [0.15, 0.2) is 38.0 Å². The van der Waals surface area contributed by atoms with Crippen LogP contribution >= 0.6 is 0 Å². The minimum absolute atomic E-state index is 0.965. The maximum atomic E-state index is 3.80. The Morgan fingerprint density at radius 1 is 0.909 bits per heavy atom. The van der Waals surface area contributed by atoms with Gasteiger partial charge in [0.1, 0.15) is 0 Å². The van der Waals surface area contributed by atoms with E-state index in [1.54, 1.807) is 0 Å². The molecule has 0 rings (SSSR count). The third kappa shape index (κ3) is 4.42. The third-order valence-corrected chi connectivity index (χ3v) is 9.41. The zero-order valence-corrected chi connectivity index (χ0v) is 10.5. The van der Waals surface area contributed by atoms with Crippen molar-refractivity contribution < 1.29 is 0 Å². The average molecular weight is 180 g/mol. The van der Waals surface area contributed by atoms with Gasteiger partial charge >= 0.3 is 0 Å². The van der Waals surface area contributed by atoms with Crippen molar-refractivity contribution >= 4 is 22.3 Å². The highest BCUT2D eigenvalue weighted by atomic mass is 28.8. The summed E-state index contributed by atoms with van der Waals surface area (Å²) in [5.41, 5.74) is 0. The molecule has 11 heavy (non-hydrogen) atoms. The molecule has 0 aliphatic heterocycles. The average Bonchev–Trinajstić information content (AvgIpc) is 1.88. The molecule has 0 aromatic rings. The highest BCUT2D eigenvalue weighted by Gasteiger charge is 2.21. The summed E-state index contributed by atoms with van der Waals surface area (Å²) in [7, 11) is 0. The van der Waals surface area contributed by atoms with Crippen LogP contribution in [0.3, 0.4) is 0 Å². The molecule has 0 bridgehead atoms. The van der Waals surface area contributed by atoms with Crippen LogP contribution in [0, 0.1) is 0 Å². The Kier molecular flexibility index (Phi) is 5.58. The number of hydrogen-bond acceptors (Lipinski definition) is 0. The van der Waals surface area contributed by atoms with E-state index in [1.165, 1.54) is 33.8 Å². The molecule has 0 amide bonds. The zero-order chi connectivity index (χ0) is 8.74. The highest BCUT2D eigenvalue weighted by molar-refractivity contribution is 7.17. The van der Waals surface area contributed by atoms with Gasteiger partial charge in [0.25, 0.3) is 0 Å². The van der Waals surface area contributed by atoms with Crippen molar-refractivity contribution in [3.05, 3.63) is 38.0 Å². The number of rotatable bonds is 6. The molecule has 0 fully saturated rings. The molecular formula is C9H17AlSi. The summed E-state index contributed by atoms with van der Waals surface area (Å²) >= 11 is 1.32. The Balaban J connectivity index is 4.09. The van der Waals surface area contributed by atoms with Crippen LogP contribution in [-0.4, -0.2) is 22.3 Å². The van der Waals surface area contributed by atoms with Gasteiger partial charge in [-0.1, -0.05) is 18.2 Å². The van der Waals surface area contributed by atoms with E-state index in [4.69, 9.17) is 0 Å². The smallest absolute Gasteiger partial charge is 0.103 e. The minimum atomic E-state index is -0.965. The standard InChI is InChI=1S/C9H15Si.Al.2H/c1-4-7-10(8-5-2)9-6-3;;;/h4-6H,1-3,7-9H2;;;. The van der Waals surface area contributed by atoms with Crippen molar-refractivity contribution in [2.75, 3.05) is 0 Å². The molecule has 0 saturated carbocycles. The molecule has 0 aliphatic carbocycles. The molecular weight excluding hydrogens is 163 g/mol. The number of hydrogen-bond donors (Lipinski definition) is 0. The first-order chi connectivity index (χ1) is 5.18. The molecule has 0 N–H and O–H groups in total. The van der Waals surface area contributed by atoms with Crippen LogP contribution < -0.4 is 0 Å². The van der Waals surface area contributed by atoms with Gasteiger partial charge in [-0.25, -0.2) is 0 Å². The molecule has 60 valence electrons. The van der Waals surface area contributed by atoms with Gasteiger partial charge in [0, 0.05) is 6.63 Å². The van der Waals surface area contributed by atoms with Crippen molar-refractivity contribution in [3.8, 4) is 0 Å². The summed E-state index contributed by atoms with van der Waals surface area (Å²) in [5.74, 6) is 0. The maximum absolute atomic E-state index is 3.80. The van der Waals surface area contributed by atoms with E-state index in [0.29, 0.717) is 0 Å². The Morgan fingerprint density at radius 3 is 1.36 bits per heavy atom. The molecule has 0 unspecified atom stereocenters. The Morgan fingerprint density at radius 2 is 1.18 bits per heavy atom. The summed E-state index contributed by atoms with van der Waals surface area (Å²) in [5, 5.41) is 0. The van der Waals surface area contributed by atoms with E-state index in [9.17, 15) is 0 Å². The maximum Gasteiger partial charge on any atom is 0.209 e. The molecule has 0 radical (unpaired) electrons. The second-order valence-corrected chi connectivity index (χ2v) is 14.5. The number of allylic oxidation sites excluding steroid dienone is 3. The fraction of sp³-hybridized carbons (Fsp3) is 0.333. The quantitative estimate of drug-likeness (QED) is 0.434. The third-order valence-electron chi connectivity index (χ3n) is 1.91. The lowest BCUT2D eigenvalue weighted by Crippen LogP contribution is -2.32. The van der Waals surface area contributed by atoms with Crippen molar-refractivity contribution in [2.45, 2.75) is 18.1 Å². The summed E-state index contributed by atoms with van der Waals surface area (Å²) in [6, 6.07) is 3.70. The van der Waals surface area contributed by atoms with Crippen LogP contribution in [0.4, 0.5) is 0 Å². The molecule has 0 atom stereocenters. The molecule has 0 heterocycles. The molecule has 0 spiro atoms. The monoisotopic (exact) mass is 180 g/mol. The minimum Gasteiger partial charge on any atom is -0.103 e. The summed E-state index contributed by atoms with van der Waals surface area (Å²) < 4.78 is 0. The summed E-state index contributed by atoms with van der Waals surface area (Å²) in [4.78, 5) is 0. The van der Waals surface area contributed by atoms with Gasteiger partial charge in [-0.05, 0) is 18.1 Å². The Hall–Kier alpha value is -0.0306. The van der Waals surface area contributed by atoms with Crippen molar-refractivity contribution in [1.82, 2.24) is 0 Å². The van der Waals surface area contributed by atoms with Crippen LogP contribution in [0.25, 0.3) is 0 Å². The van der Waals surface area contributed by atoms with E-state index in [0.717, 1.165) is 0 Å². The van der Waals surface area contributed by atoms with Gasteiger partial charge < -0.3 is 0 Å². The first-order valence-corrected chi connectivity index (χ1v) is 10.1. The molecule has 0 saturated heterocycles. The molecule has 0 aromatic heterocycles. The Bertz CT molecular complexity index is 125. The first kappa shape index (κ1) is 11.0. The van der Waals surface area contributed by atoms with Crippen LogP contribution in [0.5, 0.6) is 0 Å². The van der Waals surface area contributed by atoms with Gasteiger partial charge in [-0.2, -0.15) is 0 Å². The molecule has 0 nitrogen and oxygen atoms in total. The predicted octanol–water partition coefficient (Wildman–Crippen LogP) is 2.12. The fourth-order valence-corrected chi connectivity index (χ4v) is 6.48. The van der Waals surface area contributed by atoms with E-state index in [-0.39, 0.29) is 0 Å². The Labute approximate surface area is 78.6 Å². The molecule has 0 aromatic carbocycles. The van der Waals surface area contributed by atoms with Crippen molar-refractivity contribution in [1.29, 1.82) is 0 Å². The lowest BCUT2D eigenvalue weighted by molar-refractivity contribution is 1.42. The van der Waals surface area contributed by atoms with Gasteiger partial charge in [0.05, 0.1) is 0 Å². The molecule has 0 aliphatic rings. The van der Waals surface area contributed by atoms with E-state index >= 15 is 0 Å². The van der Waals surface area contributed by atoms with Crippen LogP contribution in [0.2, 0.25) is 18.1 Å². The lowest BCUT2D eigenvalue weighted by Gasteiger charge is -2.22. The van der Waals surface area contributed by atoms with Gasteiger partial charge in [0.15, 0.2) is 0 Å². The molecule has 2 heteroatoms. The predicted molar refractivity (Wildman–Crippen MR) is 59.3 cm³/mol. The highest BCUT2D eigenvalue weighted by Crippen LogP contribution is 2.18. The van der Waals surface area contributed by atoms with Crippen molar-refractivity contribution in [3.63, 3.8) is 0 Å². The SMILES string of the molecule is C=CC[Si]([AlH2])(CC=C)CC=C. The largest absolute Gasteiger partial charge is 0.209 e. The van der Waals surface area contributed by atoms with E-state index < -0.39 is 6.63 Å². The van der Waals surface area contributed by atoms with Crippen LogP contribution in [-0.2, 0) is 0 Å². The van der Waals surface area contributed by atoms with Gasteiger partial charge in [-0.3, -0.25) is 0 Å². The van der Waals surface area contributed by atoms with Gasteiger partial charge in [0.2, 0.25) is 15.6 Å². The van der Waals surface area contributed by atoms with Crippen molar-refractivity contribution in [2.24, 2.45) is 0 Å². The zero-order valence-electron chi connectivity index (χ0n) is 7.47. The second kappa shape index (κ2) is 5.60. The van der Waals surface area contributed by atoms with Gasteiger partial charge in [-0.15, -0.1) is 19.7 Å². The second-order valence-electron chi connectivity index (χ2n) is 3.29. The lowest BCUT2D eigenvalue weighted by atomic mass is 10.7. The topological polar surface area (TPSA) is 0 Å². The van der Waals surface area contributed by atoms with E-state index in [2.05, 4.69) is 38.0 Å². The summed E-state index contributed by atoms with van der Waals surface area (Å²) in [6.07, 6.45) is 6.19. The normalized spacial score (nSPS) is 10.5.